The van der Waals surface area contributed by atoms with Gasteiger partial charge in [-0.25, -0.2) is 24.1 Å². The van der Waals surface area contributed by atoms with E-state index in [0.717, 1.165) is 53.7 Å². The summed E-state index contributed by atoms with van der Waals surface area (Å²) in [6.45, 7) is 8.09. The van der Waals surface area contributed by atoms with Gasteiger partial charge in [0.2, 0.25) is 5.91 Å². The quantitative estimate of drug-likeness (QED) is 0.294. The zero-order valence-corrected chi connectivity index (χ0v) is 23.5. The number of imidazole rings is 1. The molecule has 3 aromatic heterocycles. The fourth-order valence-electron chi connectivity index (χ4n) is 5.19. The van der Waals surface area contributed by atoms with Gasteiger partial charge in [-0.15, -0.1) is 0 Å². The Hall–Kier alpha value is -4.12. The lowest BCUT2D eigenvalue weighted by Gasteiger charge is -2.23. The van der Waals surface area contributed by atoms with Gasteiger partial charge in [0.25, 0.3) is 0 Å². The predicted molar refractivity (Wildman–Crippen MR) is 153 cm³/mol. The van der Waals surface area contributed by atoms with Crippen molar-refractivity contribution < 1.29 is 23.5 Å². The molecule has 2 N–H and O–H groups in total. The lowest BCUT2D eigenvalue weighted by molar-refractivity contribution is -0.117. The SMILES string of the molecule is Cc1c(-c2cc(NC(=O)OC(C)(C)C)c3cnc(NC(=O)C4CC4F)cc3c2)cnc2c1ncn2C1CCCCO1. The number of alkyl halides is 1. The number of aromatic nitrogens is 4. The summed E-state index contributed by atoms with van der Waals surface area (Å²) in [7, 11) is 0. The van der Waals surface area contributed by atoms with Crippen LogP contribution in [0.1, 0.15) is 58.2 Å². The number of rotatable bonds is 5. The van der Waals surface area contributed by atoms with Gasteiger partial charge in [-0.2, -0.15) is 0 Å². The van der Waals surface area contributed by atoms with E-state index in [4.69, 9.17) is 14.5 Å². The molecule has 4 heterocycles. The molecule has 4 aromatic rings. The normalized spacial score (nSPS) is 20.7. The number of aryl methyl sites for hydroxylation is 1. The fourth-order valence-corrected chi connectivity index (χ4v) is 5.19. The molecule has 1 aromatic carbocycles. The second kappa shape index (κ2) is 10.4. The molecule has 0 radical (unpaired) electrons. The average molecular weight is 561 g/mol. The fraction of sp³-hybridized carbons (Fsp3) is 0.433. The second-order valence-electron chi connectivity index (χ2n) is 11.7. The van der Waals surface area contributed by atoms with Crippen LogP contribution in [0, 0.1) is 12.8 Å². The van der Waals surface area contributed by atoms with Gasteiger partial charge in [0.05, 0.1) is 17.9 Å². The first-order valence-corrected chi connectivity index (χ1v) is 13.9. The molecule has 0 bridgehead atoms. The zero-order valence-electron chi connectivity index (χ0n) is 23.5. The van der Waals surface area contributed by atoms with E-state index in [9.17, 15) is 14.0 Å². The van der Waals surface area contributed by atoms with Crippen molar-refractivity contribution in [1.82, 2.24) is 19.5 Å². The Morgan fingerprint density at radius 3 is 2.61 bits per heavy atom. The molecule has 214 valence electrons. The molecule has 1 saturated heterocycles. The Morgan fingerprint density at radius 1 is 1.10 bits per heavy atom. The Balaban J connectivity index is 1.41. The molecule has 1 aliphatic heterocycles. The van der Waals surface area contributed by atoms with Gasteiger partial charge >= 0.3 is 6.09 Å². The van der Waals surface area contributed by atoms with Crippen LogP contribution in [0.25, 0.3) is 33.1 Å². The molecule has 11 heteroatoms. The molecular weight excluding hydrogens is 527 g/mol. The molecule has 41 heavy (non-hydrogen) atoms. The highest BCUT2D eigenvalue weighted by Gasteiger charge is 2.43. The van der Waals surface area contributed by atoms with Crippen LogP contribution in [0.15, 0.2) is 36.9 Å². The summed E-state index contributed by atoms with van der Waals surface area (Å²) in [4.78, 5) is 38.9. The molecule has 10 nitrogen and oxygen atoms in total. The molecule has 6 rings (SSSR count). The van der Waals surface area contributed by atoms with Crippen molar-refractivity contribution in [2.75, 3.05) is 17.2 Å². The van der Waals surface area contributed by atoms with Crippen LogP contribution < -0.4 is 10.6 Å². The number of nitrogens with zero attached hydrogens (tertiary/aromatic N) is 4. The van der Waals surface area contributed by atoms with Gasteiger partial charge in [0.1, 0.15) is 29.3 Å². The van der Waals surface area contributed by atoms with E-state index < -0.39 is 29.7 Å². The summed E-state index contributed by atoms with van der Waals surface area (Å²) in [6, 6.07) is 5.50. The van der Waals surface area contributed by atoms with Gasteiger partial charge in [-0.3, -0.25) is 14.7 Å². The van der Waals surface area contributed by atoms with Crippen molar-refractivity contribution in [3.63, 3.8) is 0 Å². The highest BCUT2D eigenvalue weighted by Crippen LogP contribution is 2.37. The maximum atomic E-state index is 13.4. The van der Waals surface area contributed by atoms with Crippen LogP contribution in [0.5, 0.6) is 0 Å². The van der Waals surface area contributed by atoms with E-state index in [1.54, 1.807) is 45.6 Å². The number of fused-ring (bicyclic) bond motifs is 2. The number of halogens is 1. The van der Waals surface area contributed by atoms with Gasteiger partial charge in [-0.1, -0.05) is 0 Å². The number of ether oxygens (including phenoxy) is 2. The molecule has 1 saturated carbocycles. The van der Waals surface area contributed by atoms with Gasteiger partial charge in [-0.05, 0) is 88.1 Å². The molecule has 0 spiro atoms. The van der Waals surface area contributed by atoms with Crippen molar-refractivity contribution in [1.29, 1.82) is 0 Å². The van der Waals surface area contributed by atoms with Crippen LogP contribution in [0.2, 0.25) is 0 Å². The van der Waals surface area contributed by atoms with Crippen LogP contribution in [0.3, 0.4) is 0 Å². The monoisotopic (exact) mass is 560 g/mol. The molecule has 2 fully saturated rings. The number of hydrogen-bond donors (Lipinski definition) is 2. The lowest BCUT2D eigenvalue weighted by atomic mass is 9.98. The summed E-state index contributed by atoms with van der Waals surface area (Å²) in [6.07, 6.45) is 6.65. The average Bonchev–Trinajstić information content (AvgIpc) is 3.49. The molecule has 3 unspecified atom stereocenters. The molecule has 3 atom stereocenters. The van der Waals surface area contributed by atoms with E-state index >= 15 is 0 Å². The number of carbonyl (C=O) groups excluding carboxylic acids is 2. The van der Waals surface area contributed by atoms with Crippen molar-refractivity contribution in [3.05, 3.63) is 42.5 Å². The third kappa shape index (κ3) is 5.58. The zero-order chi connectivity index (χ0) is 28.9. The van der Waals surface area contributed by atoms with Crippen molar-refractivity contribution in [2.24, 2.45) is 5.92 Å². The maximum absolute atomic E-state index is 13.4. The highest BCUT2D eigenvalue weighted by molar-refractivity contribution is 6.04. The van der Waals surface area contributed by atoms with Gasteiger partial charge in [0.15, 0.2) is 5.65 Å². The minimum Gasteiger partial charge on any atom is -0.444 e. The van der Waals surface area contributed by atoms with Crippen LogP contribution in [-0.2, 0) is 14.3 Å². The predicted octanol–water partition coefficient (Wildman–Crippen LogP) is 6.30. The third-order valence-corrected chi connectivity index (χ3v) is 7.39. The minimum absolute atomic E-state index is 0.0822. The summed E-state index contributed by atoms with van der Waals surface area (Å²) in [5.74, 6) is -0.725. The topological polar surface area (TPSA) is 120 Å². The first-order chi connectivity index (χ1) is 19.6. The number of amides is 2. The number of carbonyl (C=O) groups is 2. The largest absolute Gasteiger partial charge is 0.444 e. The first-order valence-electron chi connectivity index (χ1n) is 13.9. The maximum Gasteiger partial charge on any atom is 0.412 e. The molecule has 2 aliphatic rings. The number of hydrogen-bond acceptors (Lipinski definition) is 7. The summed E-state index contributed by atoms with van der Waals surface area (Å²) >= 11 is 0. The van der Waals surface area contributed by atoms with Crippen LogP contribution in [-0.4, -0.2) is 49.9 Å². The summed E-state index contributed by atoms with van der Waals surface area (Å²) < 4.78 is 26.9. The van der Waals surface area contributed by atoms with E-state index in [2.05, 4.69) is 20.6 Å². The Labute approximate surface area is 236 Å². The number of nitrogens with one attached hydrogen (secondary N) is 2. The van der Waals surface area contributed by atoms with Crippen molar-refractivity contribution >= 4 is 45.4 Å². The highest BCUT2D eigenvalue weighted by atomic mass is 19.1. The second-order valence-corrected chi connectivity index (χ2v) is 11.7. The molecule has 1 aliphatic carbocycles. The number of pyridine rings is 2. The Morgan fingerprint density at radius 2 is 1.90 bits per heavy atom. The first kappa shape index (κ1) is 27.1. The van der Waals surface area contributed by atoms with E-state index in [1.165, 1.54) is 0 Å². The van der Waals surface area contributed by atoms with E-state index in [0.29, 0.717) is 22.3 Å². The van der Waals surface area contributed by atoms with E-state index in [-0.39, 0.29) is 12.6 Å². The van der Waals surface area contributed by atoms with Crippen LogP contribution >= 0.6 is 0 Å². The number of benzene rings is 1. The summed E-state index contributed by atoms with van der Waals surface area (Å²) in [5.41, 5.74) is 3.88. The Bertz CT molecular complexity index is 1660. The van der Waals surface area contributed by atoms with Crippen molar-refractivity contribution in [2.45, 2.75) is 71.4 Å². The Kier molecular flexibility index (Phi) is 6.85. The van der Waals surface area contributed by atoms with Gasteiger partial charge in [0, 0.05) is 30.0 Å². The lowest BCUT2D eigenvalue weighted by Crippen LogP contribution is -2.27. The standard InChI is InChI=1S/C30H33FN6O4/c1-16-20(13-33-27-26(16)34-15-37(27)25-7-5-6-8-40-25)17-9-18-11-24(36-28(38)19-12-22(19)31)32-14-21(18)23(10-17)35-29(39)41-30(2,3)4/h9-11,13-15,19,22,25H,5-8,12H2,1-4H3,(H,35,39)(H,32,36,38). The van der Waals surface area contributed by atoms with Crippen molar-refractivity contribution in [3.8, 4) is 11.1 Å². The van der Waals surface area contributed by atoms with Crippen LogP contribution in [0.4, 0.5) is 20.7 Å². The summed E-state index contributed by atoms with van der Waals surface area (Å²) in [5, 5.41) is 6.93. The smallest absolute Gasteiger partial charge is 0.412 e. The molecule has 2 amide bonds. The third-order valence-electron chi connectivity index (χ3n) is 7.39. The molecular formula is C30H33FN6O4. The van der Waals surface area contributed by atoms with E-state index in [1.807, 2.05) is 23.6 Å². The van der Waals surface area contributed by atoms with Gasteiger partial charge < -0.3 is 14.8 Å². The number of anilines is 2. The minimum atomic E-state index is -1.11.